The number of hydrogen-bond acceptors (Lipinski definition) is 2. The van der Waals surface area contributed by atoms with Gasteiger partial charge in [-0.1, -0.05) is 25.4 Å². The van der Waals surface area contributed by atoms with Gasteiger partial charge in [0.1, 0.15) is 0 Å². The summed E-state index contributed by atoms with van der Waals surface area (Å²) in [5, 5.41) is 4.01. The molecule has 1 aromatic carbocycles. The van der Waals surface area contributed by atoms with Gasteiger partial charge in [-0.2, -0.15) is 0 Å². The summed E-state index contributed by atoms with van der Waals surface area (Å²) in [7, 11) is 0. The summed E-state index contributed by atoms with van der Waals surface area (Å²) in [6.07, 6.45) is 3.60. The predicted molar refractivity (Wildman–Crippen MR) is 75.7 cm³/mol. The van der Waals surface area contributed by atoms with Crippen molar-refractivity contribution < 1.29 is 4.79 Å². The van der Waals surface area contributed by atoms with Crippen molar-refractivity contribution in [3.05, 3.63) is 41.1 Å². The highest BCUT2D eigenvalue weighted by molar-refractivity contribution is 6.30. The number of nitrogens with one attached hydrogen (secondary N) is 1. The number of halogens is 1. The second kappa shape index (κ2) is 5.57. The van der Waals surface area contributed by atoms with Gasteiger partial charge in [-0.25, -0.2) is 0 Å². The molecule has 1 N–H and O–H groups in total. The molecule has 0 saturated carbocycles. The van der Waals surface area contributed by atoms with Crippen molar-refractivity contribution in [1.82, 2.24) is 0 Å². The van der Waals surface area contributed by atoms with Crippen LogP contribution in [0.3, 0.4) is 0 Å². The van der Waals surface area contributed by atoms with Gasteiger partial charge in [-0.3, -0.25) is 4.79 Å². The van der Waals surface area contributed by atoms with E-state index in [1.807, 2.05) is 24.3 Å². The number of benzene rings is 1. The van der Waals surface area contributed by atoms with Gasteiger partial charge in [-0.15, -0.1) is 0 Å². The van der Waals surface area contributed by atoms with Crippen LogP contribution in [0.2, 0.25) is 5.02 Å². The van der Waals surface area contributed by atoms with Crippen molar-refractivity contribution in [2.75, 3.05) is 5.32 Å². The van der Waals surface area contributed by atoms with Crippen molar-refractivity contribution >= 4 is 23.1 Å². The average molecular weight is 264 g/mol. The summed E-state index contributed by atoms with van der Waals surface area (Å²) >= 11 is 5.84. The normalized spacial score (nSPS) is 23.7. The average Bonchev–Trinajstić information content (AvgIpc) is 2.32. The Balaban J connectivity index is 2.11. The minimum absolute atomic E-state index is 0.181. The lowest BCUT2D eigenvalue weighted by Crippen LogP contribution is -2.26. The van der Waals surface area contributed by atoms with Gasteiger partial charge in [0.15, 0.2) is 5.78 Å². The van der Waals surface area contributed by atoms with Gasteiger partial charge >= 0.3 is 0 Å². The fraction of sp³-hybridized carbons (Fsp3) is 0.400. The van der Waals surface area contributed by atoms with Gasteiger partial charge in [0.05, 0.1) is 0 Å². The molecule has 0 bridgehead atoms. The molecular weight excluding hydrogens is 246 g/mol. The Bertz CT molecular complexity index is 464. The Hall–Kier alpha value is -1.28. The van der Waals surface area contributed by atoms with E-state index in [1.54, 1.807) is 6.08 Å². The van der Waals surface area contributed by atoms with Crippen molar-refractivity contribution in [3.63, 3.8) is 0 Å². The topological polar surface area (TPSA) is 29.1 Å². The minimum atomic E-state index is 0.181. The molecule has 0 fully saturated rings. The maximum Gasteiger partial charge on any atom is 0.160 e. The Morgan fingerprint density at radius 1 is 1.33 bits per heavy atom. The zero-order chi connectivity index (χ0) is 13.1. The van der Waals surface area contributed by atoms with E-state index in [2.05, 4.69) is 19.2 Å². The van der Waals surface area contributed by atoms with E-state index in [1.165, 1.54) is 0 Å². The Kier molecular flexibility index (Phi) is 4.07. The van der Waals surface area contributed by atoms with Crippen LogP contribution in [0.1, 0.15) is 26.7 Å². The van der Waals surface area contributed by atoms with Crippen molar-refractivity contribution in [3.8, 4) is 0 Å². The van der Waals surface area contributed by atoms with Crippen LogP contribution in [0.15, 0.2) is 36.0 Å². The molecule has 0 spiro atoms. The molecule has 2 rings (SSSR count). The third kappa shape index (κ3) is 2.94. The number of allylic oxidation sites excluding steroid dienone is 2. The van der Waals surface area contributed by atoms with Gasteiger partial charge in [0.25, 0.3) is 0 Å². The highest BCUT2D eigenvalue weighted by Gasteiger charge is 2.27. The molecule has 0 aliphatic heterocycles. The molecule has 18 heavy (non-hydrogen) atoms. The van der Waals surface area contributed by atoms with Gasteiger partial charge in [0, 0.05) is 28.4 Å². The van der Waals surface area contributed by atoms with E-state index in [0.29, 0.717) is 10.9 Å². The minimum Gasteiger partial charge on any atom is -0.359 e. The molecular formula is C15H18ClNO. The molecule has 3 heteroatoms. The molecule has 2 unspecified atom stereocenters. The van der Waals surface area contributed by atoms with Crippen LogP contribution in [-0.4, -0.2) is 5.78 Å². The third-order valence-electron chi connectivity index (χ3n) is 3.50. The van der Waals surface area contributed by atoms with E-state index >= 15 is 0 Å². The lowest BCUT2D eigenvalue weighted by Gasteiger charge is -2.27. The number of hydrogen-bond donors (Lipinski definition) is 1. The number of rotatable bonds is 3. The number of carbonyl (C=O) groups excluding carboxylic acids is 1. The Morgan fingerprint density at radius 2 is 2.00 bits per heavy atom. The van der Waals surface area contributed by atoms with Crippen LogP contribution in [0, 0.1) is 11.8 Å². The lowest BCUT2D eigenvalue weighted by molar-refractivity contribution is -0.120. The van der Waals surface area contributed by atoms with E-state index in [0.717, 1.165) is 24.2 Å². The summed E-state index contributed by atoms with van der Waals surface area (Å²) in [5.41, 5.74) is 1.97. The SMILES string of the molecule is CCC1C(=O)C=C(Nc2ccc(Cl)cc2)CC1C. The molecule has 1 aliphatic rings. The molecule has 0 heterocycles. The third-order valence-corrected chi connectivity index (χ3v) is 3.75. The van der Waals surface area contributed by atoms with E-state index in [4.69, 9.17) is 11.6 Å². The molecule has 0 saturated heterocycles. The zero-order valence-electron chi connectivity index (χ0n) is 10.7. The summed E-state index contributed by atoms with van der Waals surface area (Å²) in [6, 6.07) is 7.52. The van der Waals surface area contributed by atoms with E-state index in [-0.39, 0.29) is 11.7 Å². The molecule has 0 amide bonds. The molecule has 96 valence electrons. The quantitative estimate of drug-likeness (QED) is 0.882. The number of carbonyl (C=O) groups is 1. The number of ketones is 1. The van der Waals surface area contributed by atoms with E-state index < -0.39 is 0 Å². The zero-order valence-corrected chi connectivity index (χ0v) is 11.5. The predicted octanol–water partition coefficient (Wildman–Crippen LogP) is 4.27. The van der Waals surface area contributed by atoms with Crippen LogP contribution < -0.4 is 5.32 Å². The first-order chi connectivity index (χ1) is 8.60. The summed E-state index contributed by atoms with van der Waals surface area (Å²) < 4.78 is 0. The summed E-state index contributed by atoms with van der Waals surface area (Å²) in [6.45, 7) is 4.22. The highest BCUT2D eigenvalue weighted by Crippen LogP contribution is 2.30. The van der Waals surface area contributed by atoms with Gasteiger partial charge in [-0.05, 0) is 43.0 Å². The monoisotopic (exact) mass is 263 g/mol. The first-order valence-corrected chi connectivity index (χ1v) is 6.75. The van der Waals surface area contributed by atoms with Crippen LogP contribution in [0.5, 0.6) is 0 Å². The Morgan fingerprint density at radius 3 is 2.56 bits per heavy atom. The van der Waals surface area contributed by atoms with E-state index in [9.17, 15) is 4.79 Å². The van der Waals surface area contributed by atoms with Crippen molar-refractivity contribution in [2.24, 2.45) is 11.8 Å². The van der Waals surface area contributed by atoms with Crippen LogP contribution >= 0.6 is 11.6 Å². The molecule has 0 aromatic heterocycles. The molecule has 1 aliphatic carbocycles. The summed E-state index contributed by atoms with van der Waals surface area (Å²) in [5.74, 6) is 0.829. The first-order valence-electron chi connectivity index (χ1n) is 6.37. The van der Waals surface area contributed by atoms with Gasteiger partial charge in [0.2, 0.25) is 0 Å². The molecule has 2 nitrogen and oxygen atoms in total. The second-order valence-electron chi connectivity index (χ2n) is 4.90. The molecule has 2 atom stereocenters. The van der Waals surface area contributed by atoms with Gasteiger partial charge < -0.3 is 5.32 Å². The molecule has 0 radical (unpaired) electrons. The second-order valence-corrected chi connectivity index (χ2v) is 5.34. The fourth-order valence-corrected chi connectivity index (χ4v) is 2.64. The Labute approximate surface area is 113 Å². The largest absolute Gasteiger partial charge is 0.359 e. The van der Waals surface area contributed by atoms with Crippen LogP contribution in [0.4, 0.5) is 5.69 Å². The number of anilines is 1. The van der Waals surface area contributed by atoms with Crippen LogP contribution in [0.25, 0.3) is 0 Å². The standard InChI is InChI=1S/C15H18ClNO/c1-3-14-10(2)8-13(9-15(14)18)17-12-6-4-11(16)5-7-12/h4-7,9-10,14,17H,3,8H2,1-2H3. The smallest absolute Gasteiger partial charge is 0.160 e. The maximum atomic E-state index is 12.0. The van der Waals surface area contributed by atoms with Crippen LogP contribution in [-0.2, 0) is 4.79 Å². The lowest BCUT2D eigenvalue weighted by atomic mass is 9.80. The first kappa shape index (κ1) is 13.2. The summed E-state index contributed by atoms with van der Waals surface area (Å²) in [4.78, 5) is 12.0. The highest BCUT2D eigenvalue weighted by atomic mass is 35.5. The molecule has 1 aromatic rings. The fourth-order valence-electron chi connectivity index (χ4n) is 2.52. The van der Waals surface area contributed by atoms with Crippen molar-refractivity contribution in [1.29, 1.82) is 0 Å². The maximum absolute atomic E-state index is 12.0. The van der Waals surface area contributed by atoms with Crippen molar-refractivity contribution in [2.45, 2.75) is 26.7 Å².